The van der Waals surface area contributed by atoms with Crippen LogP contribution < -0.4 is 10.6 Å². The molecule has 0 saturated heterocycles. The van der Waals surface area contributed by atoms with Gasteiger partial charge in [-0.15, -0.1) is 0 Å². The summed E-state index contributed by atoms with van der Waals surface area (Å²) in [6, 6.07) is 12.5. The zero-order valence-electron chi connectivity index (χ0n) is 14.0. The van der Waals surface area contributed by atoms with E-state index in [2.05, 4.69) is 26.6 Å². The van der Waals surface area contributed by atoms with Crippen LogP contribution in [0.5, 0.6) is 0 Å². The molecule has 0 aliphatic rings. The minimum absolute atomic E-state index is 0.102. The molecule has 0 heterocycles. The second kappa shape index (κ2) is 8.99. The normalized spacial score (nSPS) is 10.6. The van der Waals surface area contributed by atoms with Gasteiger partial charge < -0.3 is 10.6 Å². The average Bonchev–Trinajstić information content (AvgIpc) is 2.52. The van der Waals surface area contributed by atoms with Crippen LogP contribution in [0.25, 0.3) is 0 Å². The molecule has 2 amide bonds. The first kappa shape index (κ1) is 19.4. The monoisotopic (exact) mass is 423 g/mol. The lowest BCUT2D eigenvalue weighted by atomic mass is 10.2. The van der Waals surface area contributed by atoms with Crippen LogP contribution in [-0.2, 0) is 9.59 Å². The zero-order chi connectivity index (χ0) is 18.4. The lowest BCUT2D eigenvalue weighted by molar-refractivity contribution is -0.119. The number of nitrogens with one attached hydrogen (secondary N) is 2. The fraction of sp³-hybridized carbons (Fsp3) is 0.222. The van der Waals surface area contributed by atoms with Gasteiger partial charge in [0.15, 0.2) is 0 Å². The van der Waals surface area contributed by atoms with E-state index in [9.17, 15) is 9.59 Å². The van der Waals surface area contributed by atoms with Gasteiger partial charge in [-0.25, -0.2) is 0 Å². The molecule has 2 rings (SSSR count). The van der Waals surface area contributed by atoms with Crippen molar-refractivity contribution >= 4 is 50.7 Å². The molecule has 2 aromatic rings. The molecule has 132 valence electrons. The third kappa shape index (κ3) is 6.49. The largest absolute Gasteiger partial charge is 0.325 e. The van der Waals surface area contributed by atoms with Gasteiger partial charge in [-0.3, -0.25) is 14.5 Å². The third-order valence-electron chi connectivity index (χ3n) is 3.35. The summed E-state index contributed by atoms with van der Waals surface area (Å²) in [4.78, 5) is 25.8. The molecular formula is C18H19BrClN3O2. The van der Waals surface area contributed by atoms with Gasteiger partial charge in [0.05, 0.1) is 18.8 Å². The fourth-order valence-corrected chi connectivity index (χ4v) is 2.91. The van der Waals surface area contributed by atoms with Crippen LogP contribution in [0.4, 0.5) is 11.4 Å². The number of halogens is 2. The van der Waals surface area contributed by atoms with Crippen molar-refractivity contribution in [1.29, 1.82) is 0 Å². The van der Waals surface area contributed by atoms with Crippen molar-refractivity contribution in [3.8, 4) is 0 Å². The highest BCUT2D eigenvalue weighted by Crippen LogP contribution is 2.23. The standard InChI is InChI=1S/C18H19BrClN3O2/c1-12-3-8-16(15(19)9-12)22-18(25)11-23(2)10-17(24)21-14-6-4-13(20)5-7-14/h3-9H,10-11H2,1-2H3,(H,21,24)(H,22,25). The maximum Gasteiger partial charge on any atom is 0.238 e. The molecule has 25 heavy (non-hydrogen) atoms. The Kier molecular flexibility index (Phi) is 6.99. The summed E-state index contributed by atoms with van der Waals surface area (Å²) >= 11 is 9.23. The Hall–Kier alpha value is -1.89. The van der Waals surface area contributed by atoms with Crippen molar-refractivity contribution in [1.82, 2.24) is 4.90 Å². The Morgan fingerprint density at radius 2 is 1.64 bits per heavy atom. The van der Waals surface area contributed by atoms with Gasteiger partial charge in [0, 0.05) is 15.2 Å². The Morgan fingerprint density at radius 1 is 1.04 bits per heavy atom. The van der Waals surface area contributed by atoms with Crippen molar-refractivity contribution in [2.24, 2.45) is 0 Å². The second-order valence-corrected chi connectivity index (χ2v) is 7.05. The summed E-state index contributed by atoms with van der Waals surface area (Å²) in [6.45, 7) is 2.18. The first-order valence-corrected chi connectivity index (χ1v) is 8.80. The van der Waals surface area contributed by atoms with E-state index in [0.29, 0.717) is 16.4 Å². The quantitative estimate of drug-likeness (QED) is 0.739. The van der Waals surface area contributed by atoms with Crippen LogP contribution in [0.1, 0.15) is 5.56 Å². The molecule has 0 fully saturated rings. The van der Waals surface area contributed by atoms with Crippen molar-refractivity contribution in [2.75, 3.05) is 30.8 Å². The molecular weight excluding hydrogens is 406 g/mol. The summed E-state index contributed by atoms with van der Waals surface area (Å²) in [5.41, 5.74) is 2.46. The van der Waals surface area contributed by atoms with Crippen LogP contribution in [0, 0.1) is 6.92 Å². The molecule has 0 unspecified atom stereocenters. The molecule has 2 aromatic carbocycles. The molecule has 0 radical (unpaired) electrons. The van der Waals surface area contributed by atoms with E-state index in [4.69, 9.17) is 11.6 Å². The van der Waals surface area contributed by atoms with Gasteiger partial charge in [0.1, 0.15) is 0 Å². The topological polar surface area (TPSA) is 61.4 Å². The second-order valence-electron chi connectivity index (χ2n) is 5.76. The summed E-state index contributed by atoms with van der Waals surface area (Å²) in [6.07, 6.45) is 0. The van der Waals surface area contributed by atoms with E-state index < -0.39 is 0 Å². The summed E-state index contributed by atoms with van der Waals surface area (Å²) in [5.74, 6) is -0.388. The van der Waals surface area contributed by atoms with Gasteiger partial charge in [0.2, 0.25) is 11.8 Å². The van der Waals surface area contributed by atoms with E-state index in [1.807, 2.05) is 25.1 Å². The molecule has 5 nitrogen and oxygen atoms in total. The number of amides is 2. The van der Waals surface area contributed by atoms with Crippen molar-refractivity contribution in [2.45, 2.75) is 6.92 Å². The number of carbonyl (C=O) groups excluding carboxylic acids is 2. The molecule has 0 aromatic heterocycles. The Balaban J connectivity index is 1.82. The van der Waals surface area contributed by atoms with Gasteiger partial charge >= 0.3 is 0 Å². The van der Waals surface area contributed by atoms with Crippen molar-refractivity contribution in [3.05, 3.63) is 57.5 Å². The van der Waals surface area contributed by atoms with Crippen molar-refractivity contribution in [3.63, 3.8) is 0 Å². The summed E-state index contributed by atoms with van der Waals surface area (Å²) < 4.78 is 0.823. The molecule has 0 aliphatic heterocycles. The van der Waals surface area contributed by atoms with Crippen LogP contribution in [0.3, 0.4) is 0 Å². The van der Waals surface area contributed by atoms with Gasteiger partial charge in [-0.05, 0) is 71.9 Å². The Labute approximate surface area is 160 Å². The number of likely N-dealkylation sites (N-methyl/N-ethyl adjacent to an activating group) is 1. The number of rotatable bonds is 6. The maximum absolute atomic E-state index is 12.1. The molecule has 2 N–H and O–H groups in total. The number of hydrogen-bond donors (Lipinski definition) is 2. The number of carbonyl (C=O) groups is 2. The predicted molar refractivity (Wildman–Crippen MR) is 105 cm³/mol. The van der Waals surface area contributed by atoms with E-state index >= 15 is 0 Å². The van der Waals surface area contributed by atoms with Crippen LogP contribution in [-0.4, -0.2) is 36.9 Å². The third-order valence-corrected chi connectivity index (χ3v) is 4.26. The lowest BCUT2D eigenvalue weighted by Crippen LogP contribution is -2.36. The van der Waals surface area contributed by atoms with Gasteiger partial charge in [-0.1, -0.05) is 17.7 Å². The highest BCUT2D eigenvalue weighted by atomic mass is 79.9. The van der Waals surface area contributed by atoms with E-state index in [1.54, 1.807) is 36.2 Å². The highest BCUT2D eigenvalue weighted by molar-refractivity contribution is 9.10. The number of benzene rings is 2. The van der Waals surface area contributed by atoms with Crippen LogP contribution in [0.2, 0.25) is 5.02 Å². The molecule has 0 aliphatic carbocycles. The molecule has 0 saturated carbocycles. The molecule has 0 bridgehead atoms. The minimum atomic E-state index is -0.200. The van der Waals surface area contributed by atoms with Crippen molar-refractivity contribution < 1.29 is 9.59 Å². The molecule has 7 heteroatoms. The van der Waals surface area contributed by atoms with Crippen LogP contribution in [0.15, 0.2) is 46.9 Å². The van der Waals surface area contributed by atoms with E-state index in [1.165, 1.54) is 0 Å². The summed E-state index contributed by atoms with van der Waals surface area (Å²) in [7, 11) is 1.71. The van der Waals surface area contributed by atoms with Gasteiger partial charge in [-0.2, -0.15) is 0 Å². The lowest BCUT2D eigenvalue weighted by Gasteiger charge is -2.16. The number of nitrogens with zero attached hydrogens (tertiary/aromatic N) is 1. The minimum Gasteiger partial charge on any atom is -0.325 e. The van der Waals surface area contributed by atoms with Crippen LogP contribution >= 0.6 is 27.5 Å². The Morgan fingerprint density at radius 3 is 2.24 bits per heavy atom. The highest BCUT2D eigenvalue weighted by Gasteiger charge is 2.12. The molecule has 0 spiro atoms. The molecule has 0 atom stereocenters. The Bertz CT molecular complexity index is 765. The van der Waals surface area contributed by atoms with Gasteiger partial charge in [0.25, 0.3) is 0 Å². The summed E-state index contributed by atoms with van der Waals surface area (Å²) in [5, 5.41) is 6.19. The number of aryl methyl sites for hydroxylation is 1. The van der Waals surface area contributed by atoms with E-state index in [0.717, 1.165) is 10.0 Å². The van der Waals surface area contributed by atoms with E-state index in [-0.39, 0.29) is 24.9 Å². The number of anilines is 2. The SMILES string of the molecule is Cc1ccc(NC(=O)CN(C)CC(=O)Nc2ccc(Cl)cc2)c(Br)c1. The maximum atomic E-state index is 12.1. The smallest absolute Gasteiger partial charge is 0.238 e. The average molecular weight is 425 g/mol. The predicted octanol–water partition coefficient (Wildman–Crippen LogP) is 3.92. The fourth-order valence-electron chi connectivity index (χ4n) is 2.19. The zero-order valence-corrected chi connectivity index (χ0v) is 16.3. The first-order chi connectivity index (χ1) is 11.8. The first-order valence-electron chi connectivity index (χ1n) is 7.63. The number of hydrogen-bond acceptors (Lipinski definition) is 3.